The highest BCUT2D eigenvalue weighted by atomic mass is 35.5. The molecule has 1 aliphatic carbocycles. The molecule has 8 heteroatoms. The Bertz CT molecular complexity index is 946. The number of halogens is 1. The fraction of sp³-hybridized carbons (Fsp3) is 0.278. The summed E-state index contributed by atoms with van der Waals surface area (Å²) in [5.74, 6) is 0. The lowest BCUT2D eigenvalue weighted by Crippen LogP contribution is -2.33. The van der Waals surface area contributed by atoms with Crippen molar-refractivity contribution in [1.82, 2.24) is 5.32 Å². The Morgan fingerprint density at radius 1 is 1.19 bits per heavy atom. The number of sulfonamides is 1. The van der Waals surface area contributed by atoms with Gasteiger partial charge in [0.15, 0.2) is 0 Å². The van der Waals surface area contributed by atoms with Crippen LogP contribution in [0, 0.1) is 0 Å². The summed E-state index contributed by atoms with van der Waals surface area (Å²) in [4.78, 5) is 12.5. The van der Waals surface area contributed by atoms with Crippen LogP contribution in [0.3, 0.4) is 0 Å². The third kappa shape index (κ3) is 3.78. The van der Waals surface area contributed by atoms with Gasteiger partial charge in [0.25, 0.3) is 0 Å². The van der Waals surface area contributed by atoms with E-state index < -0.39 is 16.1 Å². The zero-order valence-corrected chi connectivity index (χ0v) is 16.1. The van der Waals surface area contributed by atoms with Crippen molar-refractivity contribution in [2.24, 2.45) is 0 Å². The first-order chi connectivity index (χ1) is 12.3. The standard InChI is InChI=1S/C18H20ClN3O3S/c1-22(26(2,24)25)17-9-4-3-8-16(17)21-18(23)20-15-11-10-12-13(15)6-5-7-14(12)19/h3-9,15H,10-11H2,1-2H3,(H2,20,21,23). The van der Waals surface area contributed by atoms with Gasteiger partial charge < -0.3 is 10.6 Å². The molecule has 1 atom stereocenters. The van der Waals surface area contributed by atoms with Crippen molar-refractivity contribution < 1.29 is 13.2 Å². The molecule has 3 rings (SSSR count). The van der Waals surface area contributed by atoms with Crippen LogP contribution in [0.5, 0.6) is 0 Å². The zero-order chi connectivity index (χ0) is 18.9. The Kier molecular flexibility index (Phi) is 5.11. The molecule has 0 aromatic heterocycles. The van der Waals surface area contributed by atoms with Gasteiger partial charge in [-0.3, -0.25) is 4.31 Å². The summed E-state index contributed by atoms with van der Waals surface area (Å²) in [6.07, 6.45) is 2.70. The number of benzene rings is 2. The van der Waals surface area contributed by atoms with Crippen LogP contribution in [0.1, 0.15) is 23.6 Å². The van der Waals surface area contributed by atoms with Crippen molar-refractivity contribution in [3.05, 3.63) is 58.6 Å². The molecule has 0 heterocycles. The van der Waals surface area contributed by atoms with Gasteiger partial charge in [0.2, 0.25) is 10.0 Å². The number of rotatable bonds is 4. The van der Waals surface area contributed by atoms with Gasteiger partial charge in [-0.25, -0.2) is 13.2 Å². The van der Waals surface area contributed by atoms with E-state index in [0.29, 0.717) is 16.4 Å². The van der Waals surface area contributed by atoms with Gasteiger partial charge in [-0.15, -0.1) is 0 Å². The Morgan fingerprint density at radius 3 is 2.65 bits per heavy atom. The van der Waals surface area contributed by atoms with E-state index in [1.165, 1.54) is 7.05 Å². The molecule has 0 bridgehead atoms. The molecular weight excluding hydrogens is 374 g/mol. The van der Waals surface area contributed by atoms with E-state index in [-0.39, 0.29) is 6.04 Å². The Balaban J connectivity index is 1.76. The first-order valence-electron chi connectivity index (χ1n) is 8.15. The Labute approximate surface area is 158 Å². The summed E-state index contributed by atoms with van der Waals surface area (Å²) >= 11 is 6.21. The number of carbonyl (C=O) groups is 1. The second-order valence-electron chi connectivity index (χ2n) is 6.24. The number of anilines is 2. The molecule has 0 radical (unpaired) electrons. The molecule has 2 aromatic carbocycles. The first-order valence-corrected chi connectivity index (χ1v) is 10.4. The molecule has 2 aromatic rings. The molecule has 0 spiro atoms. The van der Waals surface area contributed by atoms with Gasteiger partial charge in [-0.1, -0.05) is 35.9 Å². The number of nitrogens with one attached hydrogen (secondary N) is 2. The minimum absolute atomic E-state index is 0.122. The van der Waals surface area contributed by atoms with Gasteiger partial charge >= 0.3 is 6.03 Å². The van der Waals surface area contributed by atoms with Crippen LogP contribution in [0.25, 0.3) is 0 Å². The van der Waals surface area contributed by atoms with Gasteiger partial charge in [0, 0.05) is 12.1 Å². The second-order valence-corrected chi connectivity index (χ2v) is 8.67. The molecule has 0 fully saturated rings. The molecule has 26 heavy (non-hydrogen) atoms. The lowest BCUT2D eigenvalue weighted by atomic mass is 10.1. The van der Waals surface area contributed by atoms with Crippen LogP contribution >= 0.6 is 11.6 Å². The normalized spacial score (nSPS) is 16.0. The van der Waals surface area contributed by atoms with E-state index in [2.05, 4.69) is 10.6 Å². The van der Waals surface area contributed by atoms with Crippen LogP contribution in [-0.4, -0.2) is 27.8 Å². The number of nitrogens with zero attached hydrogens (tertiary/aromatic N) is 1. The van der Waals surface area contributed by atoms with E-state index >= 15 is 0 Å². The van der Waals surface area contributed by atoms with Crippen LogP contribution in [-0.2, 0) is 16.4 Å². The molecule has 6 nitrogen and oxygen atoms in total. The minimum Gasteiger partial charge on any atom is -0.331 e. The van der Waals surface area contributed by atoms with E-state index in [4.69, 9.17) is 11.6 Å². The van der Waals surface area contributed by atoms with E-state index in [1.807, 2.05) is 18.2 Å². The smallest absolute Gasteiger partial charge is 0.319 e. The van der Waals surface area contributed by atoms with Gasteiger partial charge in [0.1, 0.15) is 0 Å². The van der Waals surface area contributed by atoms with Crippen LogP contribution in [0.15, 0.2) is 42.5 Å². The number of fused-ring (bicyclic) bond motifs is 1. The second kappa shape index (κ2) is 7.17. The molecule has 1 unspecified atom stereocenters. The predicted molar refractivity (Wildman–Crippen MR) is 104 cm³/mol. The summed E-state index contributed by atoms with van der Waals surface area (Å²) < 4.78 is 24.7. The number of hydrogen-bond acceptors (Lipinski definition) is 3. The lowest BCUT2D eigenvalue weighted by Gasteiger charge is -2.21. The molecule has 0 saturated carbocycles. The quantitative estimate of drug-likeness (QED) is 0.833. The maximum atomic E-state index is 12.5. The summed E-state index contributed by atoms with van der Waals surface area (Å²) in [6.45, 7) is 0. The number of para-hydroxylation sites is 2. The fourth-order valence-electron chi connectivity index (χ4n) is 3.11. The maximum Gasteiger partial charge on any atom is 0.319 e. The monoisotopic (exact) mass is 393 g/mol. The Morgan fingerprint density at radius 2 is 1.92 bits per heavy atom. The molecule has 0 saturated heterocycles. The average Bonchev–Trinajstić information content (AvgIpc) is 2.98. The summed E-state index contributed by atoms with van der Waals surface area (Å²) in [6, 6.07) is 11.9. The molecule has 1 aliphatic rings. The van der Waals surface area contributed by atoms with E-state index in [1.54, 1.807) is 24.3 Å². The van der Waals surface area contributed by atoms with Gasteiger partial charge in [-0.05, 0) is 42.2 Å². The zero-order valence-electron chi connectivity index (χ0n) is 14.5. The predicted octanol–water partition coefficient (Wildman–Crippen LogP) is 3.54. The molecule has 138 valence electrons. The summed E-state index contributed by atoms with van der Waals surface area (Å²) in [5.41, 5.74) is 2.91. The van der Waals surface area contributed by atoms with Crippen LogP contribution < -0.4 is 14.9 Å². The molecule has 2 N–H and O–H groups in total. The first kappa shape index (κ1) is 18.5. The fourth-order valence-corrected chi connectivity index (χ4v) is 3.90. The number of urea groups is 1. The minimum atomic E-state index is -3.43. The SMILES string of the molecule is CN(c1ccccc1NC(=O)NC1CCc2c(Cl)cccc21)S(C)(=O)=O. The topological polar surface area (TPSA) is 78.5 Å². The van der Waals surface area contributed by atoms with Gasteiger partial charge in [-0.2, -0.15) is 0 Å². The van der Waals surface area contributed by atoms with Crippen LogP contribution in [0.4, 0.5) is 16.2 Å². The van der Waals surface area contributed by atoms with Crippen molar-refractivity contribution in [2.45, 2.75) is 18.9 Å². The van der Waals surface area contributed by atoms with Crippen molar-refractivity contribution in [1.29, 1.82) is 0 Å². The maximum absolute atomic E-state index is 12.5. The molecule has 0 aliphatic heterocycles. The van der Waals surface area contributed by atoms with Crippen LogP contribution in [0.2, 0.25) is 5.02 Å². The third-order valence-corrected chi connectivity index (χ3v) is 6.05. The lowest BCUT2D eigenvalue weighted by molar-refractivity contribution is 0.248. The number of amides is 2. The summed E-state index contributed by atoms with van der Waals surface area (Å²) in [5, 5.41) is 6.40. The van der Waals surface area contributed by atoms with Crippen molar-refractivity contribution >= 4 is 39.0 Å². The number of carbonyl (C=O) groups excluding carboxylic acids is 1. The highest BCUT2D eigenvalue weighted by Gasteiger charge is 2.26. The highest BCUT2D eigenvalue weighted by molar-refractivity contribution is 7.92. The Hall–Kier alpha value is -2.25. The largest absolute Gasteiger partial charge is 0.331 e. The van der Waals surface area contributed by atoms with Gasteiger partial charge in [0.05, 0.1) is 23.7 Å². The molecule has 2 amide bonds. The average molecular weight is 394 g/mol. The van der Waals surface area contributed by atoms with Crippen molar-refractivity contribution in [2.75, 3.05) is 22.9 Å². The third-order valence-electron chi connectivity index (χ3n) is 4.51. The van der Waals surface area contributed by atoms with Crippen molar-refractivity contribution in [3.63, 3.8) is 0 Å². The molecular formula is C18H20ClN3O3S. The summed E-state index contributed by atoms with van der Waals surface area (Å²) in [7, 11) is -1.99. The van der Waals surface area contributed by atoms with E-state index in [9.17, 15) is 13.2 Å². The highest BCUT2D eigenvalue weighted by Crippen LogP contribution is 2.35. The number of hydrogen-bond donors (Lipinski definition) is 2. The van der Waals surface area contributed by atoms with E-state index in [0.717, 1.165) is 34.5 Å². The van der Waals surface area contributed by atoms with Crippen molar-refractivity contribution in [3.8, 4) is 0 Å².